The van der Waals surface area contributed by atoms with Crippen molar-refractivity contribution in [1.82, 2.24) is 9.88 Å². The molecule has 1 aromatic heterocycles. The Morgan fingerprint density at radius 3 is 2.94 bits per heavy atom. The number of likely N-dealkylation sites (N-methyl/N-ethyl adjacent to an activating group) is 1. The van der Waals surface area contributed by atoms with Gasteiger partial charge in [0.2, 0.25) is 0 Å². The molecule has 0 aliphatic carbocycles. The zero-order chi connectivity index (χ0) is 11.5. The molecule has 0 unspecified atom stereocenters. The van der Waals surface area contributed by atoms with Crippen LogP contribution in [-0.2, 0) is 0 Å². The van der Waals surface area contributed by atoms with E-state index in [1.807, 2.05) is 12.1 Å². The van der Waals surface area contributed by atoms with Crippen molar-refractivity contribution in [2.24, 2.45) is 0 Å². The van der Waals surface area contributed by atoms with Crippen LogP contribution in [0.15, 0.2) is 18.2 Å². The summed E-state index contributed by atoms with van der Waals surface area (Å²) in [6.45, 7) is 5.20. The summed E-state index contributed by atoms with van der Waals surface area (Å²) in [4.78, 5) is 8.90. The Balaban J connectivity index is 2.16. The van der Waals surface area contributed by atoms with E-state index in [1.54, 1.807) is 6.07 Å². The molecule has 0 radical (unpaired) electrons. The highest BCUT2D eigenvalue weighted by Crippen LogP contribution is 2.16. The molecule has 84 valence electrons. The highest BCUT2D eigenvalue weighted by molar-refractivity contribution is 5.42. The van der Waals surface area contributed by atoms with Crippen molar-refractivity contribution in [1.29, 1.82) is 5.26 Å². The fourth-order valence-electron chi connectivity index (χ4n) is 1.92. The van der Waals surface area contributed by atoms with Gasteiger partial charge in [0.25, 0.3) is 0 Å². The van der Waals surface area contributed by atoms with E-state index in [9.17, 15) is 0 Å². The maximum atomic E-state index is 8.82. The first-order valence-corrected chi connectivity index (χ1v) is 5.53. The van der Waals surface area contributed by atoms with Crippen molar-refractivity contribution in [2.45, 2.75) is 13.0 Å². The molecule has 1 saturated heterocycles. The molecule has 2 rings (SSSR count). The van der Waals surface area contributed by atoms with Gasteiger partial charge in [-0.1, -0.05) is 6.07 Å². The lowest BCUT2D eigenvalue weighted by molar-refractivity contribution is 0.233. The van der Waals surface area contributed by atoms with E-state index in [-0.39, 0.29) is 0 Å². The number of pyridine rings is 1. The first-order chi connectivity index (χ1) is 7.70. The number of nitriles is 1. The molecule has 1 atom stereocenters. The van der Waals surface area contributed by atoms with E-state index in [1.165, 1.54) is 0 Å². The average Bonchev–Trinajstić information content (AvgIpc) is 2.33. The van der Waals surface area contributed by atoms with Gasteiger partial charge in [-0.3, -0.25) is 0 Å². The molecule has 0 amide bonds. The van der Waals surface area contributed by atoms with E-state index in [2.05, 4.69) is 34.8 Å². The van der Waals surface area contributed by atoms with Crippen molar-refractivity contribution < 1.29 is 0 Å². The van der Waals surface area contributed by atoms with Gasteiger partial charge in [-0.2, -0.15) is 5.26 Å². The summed E-state index contributed by atoms with van der Waals surface area (Å²) in [5.74, 6) is 0.916. The third kappa shape index (κ3) is 2.15. The van der Waals surface area contributed by atoms with Crippen molar-refractivity contribution in [3.05, 3.63) is 23.9 Å². The minimum absolute atomic E-state index is 0.490. The van der Waals surface area contributed by atoms with Crippen molar-refractivity contribution in [3.8, 4) is 6.07 Å². The topological polar surface area (TPSA) is 43.2 Å². The second kappa shape index (κ2) is 4.50. The fraction of sp³-hybridized carbons (Fsp3) is 0.500. The van der Waals surface area contributed by atoms with Crippen LogP contribution in [0, 0.1) is 11.3 Å². The molecule has 0 N–H and O–H groups in total. The maximum absolute atomic E-state index is 8.82. The van der Waals surface area contributed by atoms with Crippen LogP contribution in [0.5, 0.6) is 0 Å². The minimum Gasteiger partial charge on any atom is -0.354 e. The zero-order valence-corrected chi connectivity index (χ0v) is 9.72. The van der Waals surface area contributed by atoms with E-state index >= 15 is 0 Å². The van der Waals surface area contributed by atoms with Crippen LogP contribution in [0.4, 0.5) is 5.82 Å². The molecular formula is C12H16N4. The summed E-state index contributed by atoms with van der Waals surface area (Å²) in [6, 6.07) is 8.21. The maximum Gasteiger partial charge on any atom is 0.142 e. The number of piperazine rings is 1. The molecule has 4 nitrogen and oxygen atoms in total. The zero-order valence-electron chi connectivity index (χ0n) is 9.72. The smallest absolute Gasteiger partial charge is 0.142 e. The molecule has 0 aromatic carbocycles. The lowest BCUT2D eigenvalue weighted by atomic mass is 10.2. The molecule has 16 heavy (non-hydrogen) atoms. The third-order valence-corrected chi connectivity index (χ3v) is 3.13. The number of anilines is 1. The Hall–Kier alpha value is -1.60. The Morgan fingerprint density at radius 1 is 1.44 bits per heavy atom. The molecule has 0 saturated carbocycles. The molecule has 1 aliphatic heterocycles. The van der Waals surface area contributed by atoms with Gasteiger partial charge in [-0.25, -0.2) is 4.98 Å². The van der Waals surface area contributed by atoms with Crippen LogP contribution >= 0.6 is 0 Å². The quantitative estimate of drug-likeness (QED) is 0.705. The van der Waals surface area contributed by atoms with Gasteiger partial charge in [0, 0.05) is 25.7 Å². The van der Waals surface area contributed by atoms with Gasteiger partial charge >= 0.3 is 0 Å². The summed E-state index contributed by atoms with van der Waals surface area (Å²) < 4.78 is 0. The van der Waals surface area contributed by atoms with Crippen LogP contribution in [0.1, 0.15) is 12.6 Å². The lowest BCUT2D eigenvalue weighted by Gasteiger charge is -2.38. The van der Waals surface area contributed by atoms with Gasteiger partial charge < -0.3 is 9.80 Å². The predicted octanol–water partition coefficient (Wildman–Crippen LogP) is 1.09. The molecule has 1 aromatic rings. The van der Waals surface area contributed by atoms with Gasteiger partial charge in [-0.15, -0.1) is 0 Å². The molecule has 0 spiro atoms. The van der Waals surface area contributed by atoms with Gasteiger partial charge in [0.05, 0.1) is 0 Å². The molecule has 0 bridgehead atoms. The first-order valence-electron chi connectivity index (χ1n) is 5.53. The summed E-state index contributed by atoms with van der Waals surface area (Å²) in [5, 5.41) is 8.82. The van der Waals surface area contributed by atoms with E-state index < -0.39 is 0 Å². The van der Waals surface area contributed by atoms with E-state index in [0.29, 0.717) is 11.7 Å². The number of rotatable bonds is 1. The summed E-state index contributed by atoms with van der Waals surface area (Å²) in [5.41, 5.74) is 0.490. The predicted molar refractivity (Wildman–Crippen MR) is 63.3 cm³/mol. The van der Waals surface area contributed by atoms with Crippen LogP contribution in [-0.4, -0.2) is 42.6 Å². The Kier molecular flexibility index (Phi) is 3.07. The van der Waals surface area contributed by atoms with Crippen LogP contribution < -0.4 is 4.90 Å². The summed E-state index contributed by atoms with van der Waals surface area (Å²) in [6.07, 6.45) is 0. The summed E-state index contributed by atoms with van der Waals surface area (Å²) >= 11 is 0. The molecular weight excluding hydrogens is 200 g/mol. The van der Waals surface area contributed by atoms with Gasteiger partial charge in [0.15, 0.2) is 0 Å². The van der Waals surface area contributed by atoms with Crippen molar-refractivity contribution in [2.75, 3.05) is 31.6 Å². The second-order valence-corrected chi connectivity index (χ2v) is 4.27. The number of hydrogen-bond acceptors (Lipinski definition) is 4. The summed E-state index contributed by atoms with van der Waals surface area (Å²) in [7, 11) is 2.14. The molecule has 1 fully saturated rings. The monoisotopic (exact) mass is 216 g/mol. The lowest BCUT2D eigenvalue weighted by Crippen LogP contribution is -2.50. The minimum atomic E-state index is 0.490. The highest BCUT2D eigenvalue weighted by atomic mass is 15.3. The molecule has 1 aliphatic rings. The molecule has 4 heteroatoms. The number of hydrogen-bond donors (Lipinski definition) is 0. The van der Waals surface area contributed by atoms with Crippen LogP contribution in [0.25, 0.3) is 0 Å². The standard InChI is InChI=1S/C12H16N4/c1-10-9-16(7-6-15(10)2)12-5-3-4-11(8-13)14-12/h3-5,10H,6-7,9H2,1-2H3/t10-/m1/s1. The van der Waals surface area contributed by atoms with Crippen molar-refractivity contribution >= 4 is 5.82 Å². The molecule has 2 heterocycles. The SMILES string of the molecule is C[C@@H]1CN(c2cccc(C#N)n2)CCN1C. The van der Waals surface area contributed by atoms with Crippen LogP contribution in [0.3, 0.4) is 0 Å². The largest absolute Gasteiger partial charge is 0.354 e. The van der Waals surface area contributed by atoms with Crippen molar-refractivity contribution in [3.63, 3.8) is 0 Å². The highest BCUT2D eigenvalue weighted by Gasteiger charge is 2.21. The first kappa shape index (κ1) is 10.9. The third-order valence-electron chi connectivity index (χ3n) is 3.13. The average molecular weight is 216 g/mol. The Bertz CT molecular complexity index is 410. The van der Waals surface area contributed by atoms with E-state index in [0.717, 1.165) is 25.5 Å². The normalized spacial score (nSPS) is 21.8. The second-order valence-electron chi connectivity index (χ2n) is 4.27. The van der Waals surface area contributed by atoms with Crippen LogP contribution in [0.2, 0.25) is 0 Å². The van der Waals surface area contributed by atoms with Gasteiger partial charge in [-0.05, 0) is 26.1 Å². The van der Waals surface area contributed by atoms with Gasteiger partial charge in [0.1, 0.15) is 17.6 Å². The van der Waals surface area contributed by atoms with E-state index in [4.69, 9.17) is 5.26 Å². The number of nitrogens with zero attached hydrogens (tertiary/aromatic N) is 4. The Morgan fingerprint density at radius 2 is 2.25 bits per heavy atom. The fourth-order valence-corrected chi connectivity index (χ4v) is 1.92. The Labute approximate surface area is 96.1 Å². The number of aromatic nitrogens is 1.